The highest BCUT2D eigenvalue weighted by Gasteiger charge is 2.31. The number of sulfonamides is 1. The second-order valence-corrected chi connectivity index (χ2v) is 9.21. The molecule has 0 spiro atoms. The van der Waals surface area contributed by atoms with Gasteiger partial charge >= 0.3 is 6.18 Å². The fourth-order valence-corrected chi connectivity index (χ4v) is 3.96. The molecule has 1 atom stereocenters. The molecule has 0 aliphatic carbocycles. The number of benzene rings is 2. The maximum atomic E-state index is 13.1. The quantitative estimate of drug-likeness (QED) is 0.402. The number of halogens is 3. The molecule has 34 heavy (non-hydrogen) atoms. The van der Waals surface area contributed by atoms with Gasteiger partial charge in [0.15, 0.2) is 0 Å². The maximum Gasteiger partial charge on any atom is 0.416 e. The molecule has 1 heterocycles. The Labute approximate surface area is 193 Å². The number of hydrogen-bond acceptors (Lipinski definition) is 5. The molecule has 3 rings (SSSR count). The van der Waals surface area contributed by atoms with Gasteiger partial charge < -0.3 is 5.32 Å². The van der Waals surface area contributed by atoms with Crippen molar-refractivity contribution in [2.24, 2.45) is 5.14 Å². The number of rotatable bonds is 6. The van der Waals surface area contributed by atoms with Gasteiger partial charge in [0.1, 0.15) is 0 Å². The Bertz CT molecular complexity index is 1360. The van der Waals surface area contributed by atoms with E-state index in [0.717, 1.165) is 12.1 Å². The van der Waals surface area contributed by atoms with Gasteiger partial charge in [0.2, 0.25) is 10.0 Å². The number of carbonyl (C=O) groups is 2. The number of primary sulfonamides is 1. The summed E-state index contributed by atoms with van der Waals surface area (Å²) in [4.78, 5) is 25.4. The van der Waals surface area contributed by atoms with Gasteiger partial charge in [-0.25, -0.2) is 18.2 Å². The minimum atomic E-state index is -4.55. The zero-order valence-electron chi connectivity index (χ0n) is 18.3. The molecule has 3 N–H and O–H groups in total. The van der Waals surface area contributed by atoms with Gasteiger partial charge in [-0.3, -0.25) is 9.59 Å². The fourth-order valence-electron chi connectivity index (χ4n) is 3.44. The van der Waals surface area contributed by atoms with E-state index < -0.39 is 39.5 Å². The molecule has 0 aliphatic rings. The van der Waals surface area contributed by atoms with Crippen LogP contribution in [0.3, 0.4) is 0 Å². The number of nitrogens with zero attached hydrogens (tertiary/aromatic N) is 2. The number of nitrogens with two attached hydrogens (primary N) is 1. The summed E-state index contributed by atoms with van der Waals surface area (Å²) in [6.45, 7) is 4.56. The standard InChI is InChI=1S/C22H21F3N4O4S/c1-12(15-7-9-18(10-8-15)34(26,32)33)27-21(31)20(30)19-13(2)28-29(14(19)3)17-6-4-5-16(11-17)22(23,24)25/h4-12H,1-3H3,(H,27,31)(H2,26,32,33). The van der Waals surface area contributed by atoms with Crippen LogP contribution in [0, 0.1) is 13.8 Å². The van der Waals surface area contributed by atoms with Gasteiger partial charge in [0, 0.05) is 0 Å². The number of amides is 1. The lowest BCUT2D eigenvalue weighted by atomic mass is 10.1. The number of Topliss-reactive ketones (excluding diaryl/α,β-unsaturated/α-hetero) is 1. The van der Waals surface area contributed by atoms with Gasteiger partial charge in [0.25, 0.3) is 11.7 Å². The van der Waals surface area contributed by atoms with E-state index in [1.807, 2.05) is 0 Å². The summed E-state index contributed by atoms with van der Waals surface area (Å²) in [5.74, 6) is -1.85. The Morgan fingerprint density at radius 3 is 2.26 bits per heavy atom. The minimum Gasteiger partial charge on any atom is -0.343 e. The normalized spacial score (nSPS) is 12.9. The van der Waals surface area contributed by atoms with Crippen molar-refractivity contribution >= 4 is 21.7 Å². The summed E-state index contributed by atoms with van der Waals surface area (Å²) in [6.07, 6.45) is -4.55. The molecule has 2 aromatic carbocycles. The van der Waals surface area contributed by atoms with E-state index in [0.29, 0.717) is 5.56 Å². The van der Waals surface area contributed by atoms with Crippen LogP contribution in [-0.4, -0.2) is 29.9 Å². The molecular formula is C22H21F3N4O4S. The van der Waals surface area contributed by atoms with Gasteiger partial charge in [-0.05, 0) is 56.7 Å². The van der Waals surface area contributed by atoms with Crippen LogP contribution in [0.4, 0.5) is 13.2 Å². The molecule has 3 aromatic rings. The zero-order valence-corrected chi connectivity index (χ0v) is 19.2. The summed E-state index contributed by atoms with van der Waals surface area (Å²) in [5.41, 5.74) is 0.124. The average Bonchev–Trinajstić information content (AvgIpc) is 3.06. The van der Waals surface area contributed by atoms with Gasteiger partial charge in [-0.2, -0.15) is 18.3 Å². The highest BCUT2D eigenvalue weighted by molar-refractivity contribution is 7.89. The molecule has 0 saturated carbocycles. The molecule has 12 heteroatoms. The van der Waals surface area contributed by atoms with Crippen molar-refractivity contribution in [2.75, 3.05) is 0 Å². The van der Waals surface area contributed by atoms with Crippen LogP contribution in [0.25, 0.3) is 5.69 Å². The molecule has 8 nitrogen and oxygen atoms in total. The van der Waals surface area contributed by atoms with E-state index in [4.69, 9.17) is 5.14 Å². The molecule has 0 bridgehead atoms. The van der Waals surface area contributed by atoms with Gasteiger partial charge in [-0.15, -0.1) is 0 Å². The molecule has 0 radical (unpaired) electrons. The third-order valence-corrected chi connectivity index (χ3v) is 6.13. The van der Waals surface area contributed by atoms with Crippen molar-refractivity contribution in [1.82, 2.24) is 15.1 Å². The van der Waals surface area contributed by atoms with E-state index >= 15 is 0 Å². The van der Waals surface area contributed by atoms with E-state index in [9.17, 15) is 31.2 Å². The number of alkyl halides is 3. The van der Waals surface area contributed by atoms with Crippen molar-refractivity contribution in [1.29, 1.82) is 0 Å². The minimum absolute atomic E-state index is 0.0216. The predicted molar refractivity (Wildman–Crippen MR) is 117 cm³/mol. The second-order valence-electron chi connectivity index (χ2n) is 7.64. The van der Waals surface area contributed by atoms with Crippen molar-refractivity contribution < 1.29 is 31.2 Å². The maximum absolute atomic E-state index is 13.1. The second kappa shape index (κ2) is 9.03. The van der Waals surface area contributed by atoms with Gasteiger partial charge in [0.05, 0.1) is 39.1 Å². The first kappa shape index (κ1) is 25.1. The van der Waals surface area contributed by atoms with Crippen molar-refractivity contribution in [3.8, 4) is 5.69 Å². The van der Waals surface area contributed by atoms with Crippen LogP contribution < -0.4 is 10.5 Å². The first-order valence-corrected chi connectivity index (χ1v) is 11.5. The van der Waals surface area contributed by atoms with E-state index in [2.05, 4.69) is 10.4 Å². The number of aryl methyl sites for hydroxylation is 1. The topological polar surface area (TPSA) is 124 Å². The Morgan fingerprint density at radius 1 is 1.09 bits per heavy atom. The number of aromatic nitrogens is 2. The fraction of sp³-hybridized carbons (Fsp3) is 0.227. The Hall–Kier alpha value is -3.51. The Kier molecular flexibility index (Phi) is 6.67. The summed E-state index contributed by atoms with van der Waals surface area (Å²) in [7, 11) is -3.87. The number of ketones is 1. The van der Waals surface area contributed by atoms with E-state index in [-0.39, 0.29) is 27.5 Å². The monoisotopic (exact) mass is 494 g/mol. The third-order valence-electron chi connectivity index (χ3n) is 5.20. The lowest BCUT2D eigenvalue weighted by molar-refractivity contribution is -0.137. The smallest absolute Gasteiger partial charge is 0.343 e. The number of nitrogens with one attached hydrogen (secondary N) is 1. The highest BCUT2D eigenvalue weighted by Crippen LogP contribution is 2.31. The lowest BCUT2D eigenvalue weighted by Gasteiger charge is -2.14. The summed E-state index contributed by atoms with van der Waals surface area (Å²) < 4.78 is 63.1. The first-order valence-electron chi connectivity index (χ1n) is 9.92. The molecule has 0 aliphatic heterocycles. The van der Waals surface area contributed by atoms with Crippen LogP contribution >= 0.6 is 0 Å². The van der Waals surface area contributed by atoms with Crippen molar-refractivity contribution in [3.05, 3.63) is 76.6 Å². The van der Waals surface area contributed by atoms with Crippen LogP contribution in [0.15, 0.2) is 53.4 Å². The van der Waals surface area contributed by atoms with Crippen molar-refractivity contribution in [3.63, 3.8) is 0 Å². The van der Waals surface area contributed by atoms with Crippen LogP contribution in [0.1, 0.15) is 45.8 Å². The third kappa shape index (κ3) is 5.18. The molecule has 1 unspecified atom stereocenters. The Balaban J connectivity index is 1.84. The number of hydrogen-bond donors (Lipinski definition) is 2. The zero-order chi connectivity index (χ0) is 25.4. The van der Waals surface area contributed by atoms with Crippen molar-refractivity contribution in [2.45, 2.75) is 37.9 Å². The van der Waals surface area contributed by atoms with Crippen LogP contribution in [-0.2, 0) is 21.0 Å². The van der Waals surface area contributed by atoms with Gasteiger partial charge in [-0.1, -0.05) is 18.2 Å². The average molecular weight is 494 g/mol. The summed E-state index contributed by atoms with van der Waals surface area (Å²) >= 11 is 0. The van der Waals surface area contributed by atoms with Crippen LogP contribution in [0.2, 0.25) is 0 Å². The van der Waals surface area contributed by atoms with E-state index in [1.54, 1.807) is 6.92 Å². The molecular weight excluding hydrogens is 473 g/mol. The number of carbonyl (C=O) groups excluding carboxylic acids is 2. The van der Waals surface area contributed by atoms with E-state index in [1.165, 1.54) is 54.9 Å². The molecule has 1 aromatic heterocycles. The summed E-state index contributed by atoms with van der Waals surface area (Å²) in [5, 5.41) is 11.8. The SMILES string of the molecule is Cc1nn(-c2cccc(C(F)(F)F)c2)c(C)c1C(=O)C(=O)NC(C)c1ccc(S(N)(=O)=O)cc1. The summed E-state index contributed by atoms with van der Waals surface area (Å²) in [6, 6.07) is 9.29. The largest absolute Gasteiger partial charge is 0.416 e. The van der Waals surface area contributed by atoms with Crippen LogP contribution in [0.5, 0.6) is 0 Å². The predicted octanol–water partition coefficient (Wildman–Crippen LogP) is 3.22. The molecule has 180 valence electrons. The molecule has 0 fully saturated rings. The molecule has 0 saturated heterocycles. The highest BCUT2D eigenvalue weighted by atomic mass is 32.2. The Morgan fingerprint density at radius 2 is 1.71 bits per heavy atom. The lowest BCUT2D eigenvalue weighted by Crippen LogP contribution is -2.33. The molecule has 1 amide bonds. The first-order chi connectivity index (χ1) is 15.7.